The fourth-order valence-electron chi connectivity index (χ4n) is 2.56. The van der Waals surface area contributed by atoms with Crippen molar-refractivity contribution in [2.45, 2.75) is 44.8 Å². The molecule has 2 aliphatic rings. The molecule has 4 nitrogen and oxygen atoms in total. The summed E-state index contributed by atoms with van der Waals surface area (Å²) in [4.78, 5) is 7.08. The van der Waals surface area contributed by atoms with Crippen LogP contribution >= 0.6 is 11.6 Å². The zero-order valence-electron chi connectivity index (χ0n) is 12.2. The van der Waals surface area contributed by atoms with E-state index >= 15 is 0 Å². The summed E-state index contributed by atoms with van der Waals surface area (Å²) in [6, 6.07) is 4.63. The smallest absolute Gasteiger partial charge is 0.129 e. The molecule has 1 saturated carbocycles. The van der Waals surface area contributed by atoms with E-state index in [1.165, 1.54) is 12.8 Å². The predicted octanol–water partition coefficient (Wildman–Crippen LogP) is 2.60. The SMILES string of the molecule is CC1(C)COCCN1c1ccc(Cl)c(CNC2CC2)n1. The Labute approximate surface area is 125 Å². The van der Waals surface area contributed by atoms with Crippen molar-refractivity contribution in [1.29, 1.82) is 0 Å². The molecule has 2 fully saturated rings. The lowest BCUT2D eigenvalue weighted by molar-refractivity contribution is 0.0639. The highest BCUT2D eigenvalue weighted by Crippen LogP contribution is 2.28. The van der Waals surface area contributed by atoms with E-state index in [2.05, 4.69) is 24.1 Å². The summed E-state index contributed by atoms with van der Waals surface area (Å²) in [5, 5.41) is 4.22. The first-order chi connectivity index (χ1) is 9.56. The summed E-state index contributed by atoms with van der Waals surface area (Å²) in [5.41, 5.74) is 0.915. The van der Waals surface area contributed by atoms with Gasteiger partial charge in [-0.25, -0.2) is 4.98 Å². The van der Waals surface area contributed by atoms with Crippen molar-refractivity contribution >= 4 is 17.4 Å². The topological polar surface area (TPSA) is 37.4 Å². The Morgan fingerprint density at radius 2 is 2.25 bits per heavy atom. The highest BCUT2D eigenvalue weighted by atomic mass is 35.5. The van der Waals surface area contributed by atoms with E-state index in [0.717, 1.165) is 42.8 Å². The third kappa shape index (κ3) is 3.08. The minimum atomic E-state index is -0.0275. The van der Waals surface area contributed by atoms with Crippen LogP contribution in [0.15, 0.2) is 12.1 Å². The number of pyridine rings is 1. The van der Waals surface area contributed by atoms with E-state index in [1.54, 1.807) is 0 Å². The molecule has 0 radical (unpaired) electrons. The van der Waals surface area contributed by atoms with Gasteiger partial charge in [-0.2, -0.15) is 0 Å². The Bertz CT molecular complexity index is 488. The standard InChI is InChI=1S/C15H22ClN3O/c1-15(2)10-20-8-7-19(15)14-6-5-12(16)13(18-14)9-17-11-3-4-11/h5-6,11,17H,3-4,7-10H2,1-2H3. The molecule has 2 heterocycles. The quantitative estimate of drug-likeness (QED) is 0.926. The van der Waals surface area contributed by atoms with Crippen LogP contribution in [0.3, 0.4) is 0 Å². The van der Waals surface area contributed by atoms with Crippen molar-refractivity contribution in [2.24, 2.45) is 0 Å². The Hall–Kier alpha value is -0.840. The molecule has 0 bridgehead atoms. The van der Waals surface area contributed by atoms with E-state index < -0.39 is 0 Å². The lowest BCUT2D eigenvalue weighted by Gasteiger charge is -2.43. The normalized spacial score (nSPS) is 22.1. The maximum Gasteiger partial charge on any atom is 0.129 e. The molecular weight excluding hydrogens is 274 g/mol. The van der Waals surface area contributed by atoms with Crippen molar-refractivity contribution in [2.75, 3.05) is 24.7 Å². The van der Waals surface area contributed by atoms with E-state index in [4.69, 9.17) is 21.3 Å². The van der Waals surface area contributed by atoms with Crippen molar-refractivity contribution in [3.63, 3.8) is 0 Å². The molecule has 1 aliphatic heterocycles. The molecule has 1 aromatic rings. The molecule has 3 rings (SSSR count). The molecule has 1 N–H and O–H groups in total. The maximum atomic E-state index is 6.26. The molecule has 0 spiro atoms. The molecule has 1 saturated heterocycles. The average molecular weight is 296 g/mol. The van der Waals surface area contributed by atoms with E-state index in [-0.39, 0.29) is 5.54 Å². The van der Waals surface area contributed by atoms with E-state index in [9.17, 15) is 0 Å². The number of hydrogen-bond acceptors (Lipinski definition) is 4. The molecule has 0 aromatic carbocycles. The van der Waals surface area contributed by atoms with Gasteiger partial charge >= 0.3 is 0 Å². The molecule has 0 unspecified atom stereocenters. The minimum Gasteiger partial charge on any atom is -0.377 e. The lowest BCUT2D eigenvalue weighted by Crippen LogP contribution is -2.53. The molecule has 20 heavy (non-hydrogen) atoms. The Balaban J connectivity index is 1.79. The summed E-state index contributed by atoms with van der Waals surface area (Å²) in [5.74, 6) is 0.996. The number of halogens is 1. The van der Waals surface area contributed by atoms with Crippen LogP contribution in [0, 0.1) is 0 Å². The summed E-state index contributed by atoms with van der Waals surface area (Å²) in [6.45, 7) is 7.48. The molecule has 5 heteroatoms. The molecule has 1 aromatic heterocycles. The second kappa shape index (κ2) is 5.51. The highest BCUT2D eigenvalue weighted by Gasteiger charge is 2.31. The fraction of sp³-hybridized carbons (Fsp3) is 0.667. The molecule has 0 atom stereocenters. The molecular formula is C15H22ClN3O. The van der Waals surface area contributed by atoms with Gasteiger partial charge in [-0.15, -0.1) is 0 Å². The first kappa shape index (κ1) is 14.1. The van der Waals surface area contributed by atoms with Gasteiger partial charge in [-0.3, -0.25) is 0 Å². The monoisotopic (exact) mass is 295 g/mol. The Kier molecular flexibility index (Phi) is 3.89. The van der Waals surface area contributed by atoms with Gasteiger partial charge in [0.2, 0.25) is 0 Å². The maximum absolute atomic E-state index is 6.26. The molecule has 1 aliphatic carbocycles. The van der Waals surface area contributed by atoms with Crippen LogP contribution in [0.5, 0.6) is 0 Å². The van der Waals surface area contributed by atoms with Crippen molar-refractivity contribution in [1.82, 2.24) is 10.3 Å². The number of aromatic nitrogens is 1. The first-order valence-corrected chi connectivity index (χ1v) is 7.68. The van der Waals surface area contributed by atoms with Crippen LogP contribution < -0.4 is 10.2 Å². The number of nitrogens with one attached hydrogen (secondary N) is 1. The number of hydrogen-bond donors (Lipinski definition) is 1. The predicted molar refractivity (Wildman–Crippen MR) is 81.4 cm³/mol. The van der Waals surface area contributed by atoms with Gasteiger partial charge in [-0.05, 0) is 38.8 Å². The third-order valence-electron chi connectivity index (χ3n) is 3.96. The van der Waals surface area contributed by atoms with Crippen molar-refractivity contribution < 1.29 is 4.74 Å². The third-order valence-corrected chi connectivity index (χ3v) is 4.31. The van der Waals surface area contributed by atoms with Gasteiger partial charge in [-0.1, -0.05) is 11.6 Å². The zero-order valence-corrected chi connectivity index (χ0v) is 12.9. The van der Waals surface area contributed by atoms with Gasteiger partial charge in [0.25, 0.3) is 0 Å². The second-order valence-corrected chi connectivity index (χ2v) is 6.68. The van der Waals surface area contributed by atoms with Crippen LogP contribution in [-0.2, 0) is 11.3 Å². The van der Waals surface area contributed by atoms with Crippen LogP contribution in [0.25, 0.3) is 0 Å². The van der Waals surface area contributed by atoms with Crippen LogP contribution in [0.1, 0.15) is 32.4 Å². The van der Waals surface area contributed by atoms with Gasteiger partial charge in [0.05, 0.1) is 29.5 Å². The summed E-state index contributed by atoms with van der Waals surface area (Å²) < 4.78 is 5.57. The number of rotatable bonds is 4. The van der Waals surface area contributed by atoms with Gasteiger partial charge in [0, 0.05) is 19.1 Å². The number of ether oxygens (including phenoxy) is 1. The molecule has 0 amide bonds. The Morgan fingerprint density at radius 1 is 1.45 bits per heavy atom. The van der Waals surface area contributed by atoms with Gasteiger partial charge in [0.15, 0.2) is 0 Å². The summed E-state index contributed by atoms with van der Waals surface area (Å²) in [7, 11) is 0. The second-order valence-electron chi connectivity index (χ2n) is 6.27. The van der Waals surface area contributed by atoms with E-state index in [1.807, 2.05) is 12.1 Å². The Morgan fingerprint density at radius 3 is 2.95 bits per heavy atom. The average Bonchev–Trinajstić information content (AvgIpc) is 3.22. The first-order valence-electron chi connectivity index (χ1n) is 7.30. The largest absolute Gasteiger partial charge is 0.377 e. The van der Waals surface area contributed by atoms with Crippen LogP contribution in [-0.4, -0.2) is 36.3 Å². The van der Waals surface area contributed by atoms with Crippen LogP contribution in [0.4, 0.5) is 5.82 Å². The van der Waals surface area contributed by atoms with Crippen LogP contribution in [0.2, 0.25) is 5.02 Å². The molecule has 110 valence electrons. The fourth-order valence-corrected chi connectivity index (χ4v) is 2.73. The number of nitrogens with zero attached hydrogens (tertiary/aromatic N) is 2. The van der Waals surface area contributed by atoms with Crippen molar-refractivity contribution in [3.05, 3.63) is 22.8 Å². The van der Waals surface area contributed by atoms with Crippen molar-refractivity contribution in [3.8, 4) is 0 Å². The minimum absolute atomic E-state index is 0.0275. The highest BCUT2D eigenvalue weighted by molar-refractivity contribution is 6.31. The number of morpholine rings is 1. The number of anilines is 1. The van der Waals surface area contributed by atoms with Gasteiger partial charge in [0.1, 0.15) is 5.82 Å². The zero-order chi connectivity index (χ0) is 14.2. The van der Waals surface area contributed by atoms with Gasteiger partial charge < -0.3 is 15.0 Å². The van der Waals surface area contributed by atoms with E-state index in [0.29, 0.717) is 6.04 Å². The summed E-state index contributed by atoms with van der Waals surface area (Å²) >= 11 is 6.26. The lowest BCUT2D eigenvalue weighted by atomic mass is 10.0. The summed E-state index contributed by atoms with van der Waals surface area (Å²) in [6.07, 6.45) is 2.54.